The standard InChI is InChI=1S/C19H23ClN4O/c1-14(25)24-17-9-7-15(8-10-17)11-12-22-19(21-2)23-13-16-5-3-4-6-18(16)20/h3-10H,11-13H2,1-2H3,(H,24,25)(H2,21,22,23). The number of anilines is 1. The average Bonchev–Trinajstić information content (AvgIpc) is 2.60. The van der Waals surface area contributed by atoms with E-state index < -0.39 is 0 Å². The zero-order valence-corrected chi connectivity index (χ0v) is 15.2. The van der Waals surface area contributed by atoms with Crippen LogP contribution < -0.4 is 16.0 Å². The summed E-state index contributed by atoms with van der Waals surface area (Å²) >= 11 is 6.15. The summed E-state index contributed by atoms with van der Waals surface area (Å²) in [7, 11) is 1.74. The van der Waals surface area contributed by atoms with Gasteiger partial charge in [-0.2, -0.15) is 0 Å². The third-order valence-corrected chi connectivity index (χ3v) is 3.98. The number of amides is 1. The minimum Gasteiger partial charge on any atom is -0.356 e. The molecule has 0 unspecified atom stereocenters. The van der Waals surface area contributed by atoms with Gasteiger partial charge in [0, 0.05) is 37.8 Å². The summed E-state index contributed by atoms with van der Waals surface area (Å²) in [4.78, 5) is 15.2. The summed E-state index contributed by atoms with van der Waals surface area (Å²) in [6, 6.07) is 15.6. The summed E-state index contributed by atoms with van der Waals surface area (Å²) in [6.45, 7) is 2.87. The Kier molecular flexibility index (Phi) is 7.29. The van der Waals surface area contributed by atoms with E-state index in [1.807, 2.05) is 48.5 Å². The molecule has 0 saturated carbocycles. The van der Waals surface area contributed by atoms with Gasteiger partial charge >= 0.3 is 0 Å². The van der Waals surface area contributed by atoms with E-state index in [9.17, 15) is 4.79 Å². The van der Waals surface area contributed by atoms with Gasteiger partial charge < -0.3 is 16.0 Å². The molecule has 0 aliphatic heterocycles. The molecule has 132 valence electrons. The number of rotatable bonds is 6. The van der Waals surface area contributed by atoms with Crippen molar-refractivity contribution in [3.8, 4) is 0 Å². The molecular formula is C19H23ClN4O. The van der Waals surface area contributed by atoms with Crippen LogP contribution in [0.5, 0.6) is 0 Å². The predicted octanol–water partition coefficient (Wildman–Crippen LogP) is 3.21. The first-order chi connectivity index (χ1) is 12.1. The monoisotopic (exact) mass is 358 g/mol. The number of carbonyl (C=O) groups excluding carboxylic acids is 1. The maximum absolute atomic E-state index is 11.0. The minimum absolute atomic E-state index is 0.0668. The molecular weight excluding hydrogens is 336 g/mol. The Morgan fingerprint density at radius 1 is 1.08 bits per heavy atom. The molecule has 6 heteroatoms. The van der Waals surface area contributed by atoms with Crippen LogP contribution in [0.3, 0.4) is 0 Å². The van der Waals surface area contributed by atoms with Gasteiger partial charge in [0.2, 0.25) is 5.91 Å². The van der Waals surface area contributed by atoms with Crippen molar-refractivity contribution in [1.82, 2.24) is 10.6 Å². The van der Waals surface area contributed by atoms with Crippen molar-refractivity contribution in [2.24, 2.45) is 4.99 Å². The Hall–Kier alpha value is -2.53. The molecule has 0 radical (unpaired) electrons. The van der Waals surface area contributed by atoms with Crippen LogP contribution >= 0.6 is 11.6 Å². The Balaban J connectivity index is 1.77. The molecule has 0 aliphatic carbocycles. The molecule has 0 aromatic heterocycles. The fourth-order valence-corrected chi connectivity index (χ4v) is 2.53. The molecule has 0 spiro atoms. The smallest absolute Gasteiger partial charge is 0.221 e. The van der Waals surface area contributed by atoms with Crippen molar-refractivity contribution in [1.29, 1.82) is 0 Å². The van der Waals surface area contributed by atoms with Crippen molar-refractivity contribution in [3.05, 3.63) is 64.7 Å². The van der Waals surface area contributed by atoms with E-state index in [4.69, 9.17) is 11.6 Å². The van der Waals surface area contributed by atoms with E-state index in [2.05, 4.69) is 20.9 Å². The summed E-state index contributed by atoms with van der Waals surface area (Å²) in [5.74, 6) is 0.664. The second kappa shape index (κ2) is 9.69. The lowest BCUT2D eigenvalue weighted by Crippen LogP contribution is -2.37. The molecule has 3 N–H and O–H groups in total. The maximum atomic E-state index is 11.0. The van der Waals surface area contributed by atoms with Gasteiger partial charge in [0.1, 0.15) is 0 Å². The third kappa shape index (κ3) is 6.47. The van der Waals surface area contributed by atoms with Crippen molar-refractivity contribution in [3.63, 3.8) is 0 Å². The zero-order chi connectivity index (χ0) is 18.1. The predicted molar refractivity (Wildman–Crippen MR) is 104 cm³/mol. The molecule has 2 aromatic rings. The highest BCUT2D eigenvalue weighted by molar-refractivity contribution is 6.31. The first kappa shape index (κ1) is 18.8. The van der Waals surface area contributed by atoms with E-state index >= 15 is 0 Å². The first-order valence-electron chi connectivity index (χ1n) is 8.13. The lowest BCUT2D eigenvalue weighted by molar-refractivity contribution is -0.114. The lowest BCUT2D eigenvalue weighted by Gasteiger charge is -2.13. The number of benzene rings is 2. The van der Waals surface area contributed by atoms with Crippen LogP contribution in [-0.2, 0) is 17.8 Å². The molecule has 2 aromatic carbocycles. The topological polar surface area (TPSA) is 65.5 Å². The Bertz CT molecular complexity index is 728. The van der Waals surface area contributed by atoms with Crippen LogP contribution in [-0.4, -0.2) is 25.5 Å². The summed E-state index contributed by atoms with van der Waals surface area (Å²) < 4.78 is 0. The van der Waals surface area contributed by atoms with Gasteiger partial charge in [-0.15, -0.1) is 0 Å². The molecule has 0 bridgehead atoms. The van der Waals surface area contributed by atoms with Crippen LogP contribution in [0.4, 0.5) is 5.69 Å². The van der Waals surface area contributed by atoms with E-state index in [1.165, 1.54) is 12.5 Å². The number of aliphatic imine (C=N–C) groups is 1. The van der Waals surface area contributed by atoms with Crippen LogP contribution in [0.2, 0.25) is 5.02 Å². The van der Waals surface area contributed by atoms with E-state index in [0.717, 1.165) is 35.2 Å². The highest BCUT2D eigenvalue weighted by Gasteiger charge is 2.02. The van der Waals surface area contributed by atoms with Gasteiger partial charge in [0.25, 0.3) is 0 Å². The van der Waals surface area contributed by atoms with Gasteiger partial charge in [-0.1, -0.05) is 41.9 Å². The van der Waals surface area contributed by atoms with Crippen LogP contribution in [0, 0.1) is 0 Å². The van der Waals surface area contributed by atoms with Crippen molar-refractivity contribution < 1.29 is 4.79 Å². The Morgan fingerprint density at radius 2 is 1.80 bits per heavy atom. The summed E-state index contributed by atoms with van der Waals surface area (Å²) in [6.07, 6.45) is 0.854. The highest BCUT2D eigenvalue weighted by Crippen LogP contribution is 2.14. The number of nitrogens with one attached hydrogen (secondary N) is 3. The molecule has 0 heterocycles. The normalized spacial score (nSPS) is 11.1. The minimum atomic E-state index is -0.0668. The van der Waals surface area contributed by atoms with Crippen molar-refractivity contribution >= 4 is 29.2 Å². The van der Waals surface area contributed by atoms with Crippen molar-refractivity contribution in [2.75, 3.05) is 18.9 Å². The SMILES string of the molecule is CN=C(NCCc1ccc(NC(C)=O)cc1)NCc1ccccc1Cl. The molecule has 0 aliphatic rings. The lowest BCUT2D eigenvalue weighted by atomic mass is 10.1. The van der Waals surface area contributed by atoms with Gasteiger partial charge in [-0.05, 0) is 35.7 Å². The van der Waals surface area contributed by atoms with Crippen LogP contribution in [0.15, 0.2) is 53.5 Å². The van der Waals surface area contributed by atoms with Crippen molar-refractivity contribution in [2.45, 2.75) is 19.9 Å². The van der Waals surface area contributed by atoms with Gasteiger partial charge in [0.15, 0.2) is 5.96 Å². The molecule has 25 heavy (non-hydrogen) atoms. The van der Waals surface area contributed by atoms with E-state index in [1.54, 1.807) is 7.05 Å². The van der Waals surface area contributed by atoms with Gasteiger partial charge in [-0.3, -0.25) is 9.79 Å². The second-order valence-corrected chi connectivity index (χ2v) is 5.98. The quantitative estimate of drug-likeness (QED) is 0.548. The molecule has 0 fully saturated rings. The van der Waals surface area contributed by atoms with E-state index in [-0.39, 0.29) is 5.91 Å². The number of nitrogens with zero attached hydrogens (tertiary/aromatic N) is 1. The maximum Gasteiger partial charge on any atom is 0.221 e. The van der Waals surface area contributed by atoms with Gasteiger partial charge in [0.05, 0.1) is 0 Å². The molecule has 0 atom stereocenters. The fourth-order valence-electron chi connectivity index (χ4n) is 2.32. The van der Waals surface area contributed by atoms with Crippen LogP contribution in [0.25, 0.3) is 0 Å². The molecule has 0 saturated heterocycles. The molecule has 2 rings (SSSR count). The largest absolute Gasteiger partial charge is 0.356 e. The number of hydrogen-bond donors (Lipinski definition) is 3. The van der Waals surface area contributed by atoms with Gasteiger partial charge in [-0.25, -0.2) is 0 Å². The molecule has 1 amide bonds. The number of halogens is 1. The Morgan fingerprint density at radius 3 is 2.44 bits per heavy atom. The third-order valence-electron chi connectivity index (χ3n) is 3.61. The highest BCUT2D eigenvalue weighted by atomic mass is 35.5. The Labute approximate surface area is 153 Å². The van der Waals surface area contributed by atoms with Crippen LogP contribution in [0.1, 0.15) is 18.1 Å². The number of hydrogen-bond acceptors (Lipinski definition) is 2. The number of guanidine groups is 1. The summed E-state index contributed by atoms with van der Waals surface area (Å²) in [5, 5.41) is 10.0. The second-order valence-electron chi connectivity index (χ2n) is 5.57. The molecule has 5 nitrogen and oxygen atoms in total. The number of carbonyl (C=O) groups is 1. The average molecular weight is 359 g/mol. The first-order valence-corrected chi connectivity index (χ1v) is 8.50. The fraction of sp³-hybridized carbons (Fsp3) is 0.263. The zero-order valence-electron chi connectivity index (χ0n) is 14.5. The van der Waals surface area contributed by atoms with E-state index in [0.29, 0.717) is 6.54 Å². The summed E-state index contributed by atoms with van der Waals surface area (Å²) in [5.41, 5.74) is 3.02.